The van der Waals surface area contributed by atoms with Crippen LogP contribution in [0.1, 0.15) is 37.8 Å². The first-order chi connectivity index (χ1) is 10.1. The van der Waals surface area contributed by atoms with Gasteiger partial charge in [0.15, 0.2) is 0 Å². The summed E-state index contributed by atoms with van der Waals surface area (Å²) in [6, 6.07) is 10.3. The van der Waals surface area contributed by atoms with Crippen LogP contribution in [0.5, 0.6) is 0 Å². The van der Waals surface area contributed by atoms with E-state index in [-0.39, 0.29) is 12.5 Å². The second-order valence-corrected chi connectivity index (χ2v) is 5.83. The molecule has 0 amide bonds. The van der Waals surface area contributed by atoms with Gasteiger partial charge in [-0.3, -0.25) is 9.69 Å². The normalized spacial score (nSPS) is 17.7. The van der Waals surface area contributed by atoms with Crippen LogP contribution in [0.2, 0.25) is 0 Å². The standard InChI is InChI=1S/C17H25NO3/c1-13(14-8-9-14)18(10-11-21-2)16(12-17(19)20)15-6-4-3-5-7-15/h3-7,13-14,16H,8-12H2,1-2H3,(H,19,20). The third-order valence-corrected chi connectivity index (χ3v) is 4.33. The van der Waals surface area contributed by atoms with Gasteiger partial charge in [0.25, 0.3) is 0 Å². The molecule has 2 rings (SSSR count). The summed E-state index contributed by atoms with van der Waals surface area (Å²) in [6.45, 7) is 3.60. The number of carboxylic acid groups (broad SMARTS) is 1. The number of nitrogens with zero attached hydrogens (tertiary/aromatic N) is 1. The van der Waals surface area contributed by atoms with Crippen LogP contribution < -0.4 is 0 Å². The van der Waals surface area contributed by atoms with Crippen LogP contribution in [0.3, 0.4) is 0 Å². The summed E-state index contributed by atoms with van der Waals surface area (Å²) in [6.07, 6.45) is 2.63. The molecule has 0 saturated heterocycles. The molecule has 0 heterocycles. The van der Waals surface area contributed by atoms with Gasteiger partial charge in [0, 0.05) is 25.7 Å². The zero-order chi connectivity index (χ0) is 15.2. The summed E-state index contributed by atoms with van der Waals surface area (Å²) >= 11 is 0. The lowest BCUT2D eigenvalue weighted by Crippen LogP contribution is -2.41. The molecular weight excluding hydrogens is 266 g/mol. The van der Waals surface area contributed by atoms with E-state index in [0.29, 0.717) is 18.6 Å². The molecule has 4 heteroatoms. The van der Waals surface area contributed by atoms with Gasteiger partial charge in [0.2, 0.25) is 0 Å². The fraction of sp³-hybridized carbons (Fsp3) is 0.588. The van der Waals surface area contributed by atoms with E-state index in [2.05, 4.69) is 11.8 Å². The van der Waals surface area contributed by atoms with Crippen molar-refractivity contribution in [1.82, 2.24) is 4.90 Å². The lowest BCUT2D eigenvalue weighted by molar-refractivity contribution is -0.138. The minimum atomic E-state index is -0.755. The summed E-state index contributed by atoms with van der Waals surface area (Å²) in [5.74, 6) is -0.0591. The Kier molecular flexibility index (Phi) is 5.76. The van der Waals surface area contributed by atoms with Crippen molar-refractivity contribution in [3.05, 3.63) is 35.9 Å². The van der Waals surface area contributed by atoms with E-state index in [0.717, 1.165) is 12.1 Å². The molecule has 0 aliphatic heterocycles. The van der Waals surface area contributed by atoms with Gasteiger partial charge in [-0.1, -0.05) is 30.3 Å². The molecule has 116 valence electrons. The van der Waals surface area contributed by atoms with Crippen molar-refractivity contribution >= 4 is 5.97 Å². The van der Waals surface area contributed by atoms with Crippen LogP contribution in [0.25, 0.3) is 0 Å². The number of benzene rings is 1. The Morgan fingerprint density at radius 1 is 1.38 bits per heavy atom. The Morgan fingerprint density at radius 3 is 2.57 bits per heavy atom. The quantitative estimate of drug-likeness (QED) is 0.760. The topological polar surface area (TPSA) is 49.8 Å². The Bertz CT molecular complexity index is 445. The molecule has 2 atom stereocenters. The highest BCUT2D eigenvalue weighted by Gasteiger charge is 2.36. The molecule has 0 spiro atoms. The lowest BCUT2D eigenvalue weighted by atomic mass is 9.99. The predicted octanol–water partition coefficient (Wildman–Crippen LogP) is 2.95. The second-order valence-electron chi connectivity index (χ2n) is 5.83. The average Bonchev–Trinajstić information content (AvgIpc) is 3.31. The molecule has 21 heavy (non-hydrogen) atoms. The third kappa shape index (κ3) is 4.55. The molecule has 0 aromatic heterocycles. The molecule has 1 aliphatic carbocycles. The van der Waals surface area contributed by atoms with Gasteiger partial charge in [-0.15, -0.1) is 0 Å². The van der Waals surface area contributed by atoms with Crippen LogP contribution in [0.4, 0.5) is 0 Å². The van der Waals surface area contributed by atoms with Gasteiger partial charge < -0.3 is 9.84 Å². The van der Waals surface area contributed by atoms with Crippen molar-refractivity contribution in [1.29, 1.82) is 0 Å². The summed E-state index contributed by atoms with van der Waals surface area (Å²) < 4.78 is 5.22. The van der Waals surface area contributed by atoms with E-state index in [1.165, 1.54) is 12.8 Å². The molecule has 0 radical (unpaired) electrons. The van der Waals surface area contributed by atoms with E-state index in [9.17, 15) is 9.90 Å². The monoisotopic (exact) mass is 291 g/mol. The van der Waals surface area contributed by atoms with E-state index in [4.69, 9.17) is 4.74 Å². The second kappa shape index (κ2) is 7.57. The minimum absolute atomic E-state index is 0.0885. The van der Waals surface area contributed by atoms with E-state index in [1.54, 1.807) is 7.11 Å². The summed E-state index contributed by atoms with van der Waals surface area (Å²) in [5, 5.41) is 9.30. The molecular formula is C17H25NO3. The van der Waals surface area contributed by atoms with E-state index < -0.39 is 5.97 Å². The maximum atomic E-state index is 11.3. The zero-order valence-corrected chi connectivity index (χ0v) is 12.9. The highest BCUT2D eigenvalue weighted by atomic mass is 16.5. The van der Waals surface area contributed by atoms with Gasteiger partial charge in [0.05, 0.1) is 13.0 Å². The van der Waals surface area contributed by atoms with E-state index >= 15 is 0 Å². The van der Waals surface area contributed by atoms with Crippen molar-refractivity contribution in [2.45, 2.75) is 38.3 Å². The molecule has 4 nitrogen and oxygen atoms in total. The smallest absolute Gasteiger partial charge is 0.305 e. The van der Waals surface area contributed by atoms with Gasteiger partial charge in [-0.05, 0) is 31.2 Å². The Morgan fingerprint density at radius 2 is 2.05 bits per heavy atom. The third-order valence-electron chi connectivity index (χ3n) is 4.33. The number of hydrogen-bond acceptors (Lipinski definition) is 3. The molecule has 1 fully saturated rings. The molecule has 2 unspecified atom stereocenters. The van der Waals surface area contributed by atoms with Crippen LogP contribution in [-0.4, -0.2) is 42.3 Å². The summed E-state index contributed by atoms with van der Waals surface area (Å²) in [4.78, 5) is 13.6. The van der Waals surface area contributed by atoms with Crippen molar-refractivity contribution in [2.24, 2.45) is 5.92 Å². The number of ether oxygens (including phenoxy) is 1. The lowest BCUT2D eigenvalue weighted by Gasteiger charge is -2.36. The van der Waals surface area contributed by atoms with Gasteiger partial charge in [-0.25, -0.2) is 0 Å². The van der Waals surface area contributed by atoms with Crippen LogP contribution in [0, 0.1) is 5.92 Å². The molecule has 1 aromatic rings. The van der Waals surface area contributed by atoms with Crippen molar-refractivity contribution < 1.29 is 14.6 Å². The van der Waals surface area contributed by atoms with Crippen LogP contribution in [-0.2, 0) is 9.53 Å². The van der Waals surface area contributed by atoms with Crippen molar-refractivity contribution in [2.75, 3.05) is 20.3 Å². The first kappa shape index (κ1) is 16.0. The largest absolute Gasteiger partial charge is 0.481 e. The van der Waals surface area contributed by atoms with E-state index in [1.807, 2.05) is 30.3 Å². The summed E-state index contributed by atoms with van der Waals surface area (Å²) in [7, 11) is 1.69. The number of carbonyl (C=O) groups is 1. The number of aliphatic carboxylic acids is 1. The van der Waals surface area contributed by atoms with Crippen molar-refractivity contribution in [3.8, 4) is 0 Å². The minimum Gasteiger partial charge on any atom is -0.481 e. The van der Waals surface area contributed by atoms with Crippen molar-refractivity contribution in [3.63, 3.8) is 0 Å². The number of rotatable bonds is 9. The Balaban J connectivity index is 2.22. The maximum Gasteiger partial charge on any atom is 0.305 e. The fourth-order valence-electron chi connectivity index (χ4n) is 2.96. The number of methoxy groups -OCH3 is 1. The fourth-order valence-corrected chi connectivity index (χ4v) is 2.96. The van der Waals surface area contributed by atoms with Gasteiger partial charge in [0.1, 0.15) is 0 Å². The number of carboxylic acids is 1. The average molecular weight is 291 g/mol. The molecule has 1 saturated carbocycles. The van der Waals surface area contributed by atoms with Gasteiger partial charge >= 0.3 is 5.97 Å². The molecule has 1 aromatic carbocycles. The number of hydrogen-bond donors (Lipinski definition) is 1. The molecule has 1 N–H and O–H groups in total. The SMILES string of the molecule is COCCN(C(CC(=O)O)c1ccccc1)C(C)C1CC1. The highest BCUT2D eigenvalue weighted by molar-refractivity contribution is 5.68. The van der Waals surface area contributed by atoms with Crippen LogP contribution in [0.15, 0.2) is 30.3 Å². The first-order valence-electron chi connectivity index (χ1n) is 7.65. The Hall–Kier alpha value is -1.39. The Labute approximate surface area is 126 Å². The predicted molar refractivity (Wildman–Crippen MR) is 82.2 cm³/mol. The highest BCUT2D eigenvalue weighted by Crippen LogP contribution is 2.39. The molecule has 0 bridgehead atoms. The maximum absolute atomic E-state index is 11.3. The zero-order valence-electron chi connectivity index (χ0n) is 12.9. The molecule has 1 aliphatic rings. The van der Waals surface area contributed by atoms with Crippen LogP contribution >= 0.6 is 0 Å². The summed E-state index contributed by atoms with van der Waals surface area (Å²) in [5.41, 5.74) is 1.07. The van der Waals surface area contributed by atoms with Gasteiger partial charge in [-0.2, -0.15) is 0 Å². The first-order valence-corrected chi connectivity index (χ1v) is 7.65.